The lowest BCUT2D eigenvalue weighted by Gasteiger charge is -2.34. The van der Waals surface area contributed by atoms with Gasteiger partial charge in [-0.05, 0) is 0 Å². The summed E-state index contributed by atoms with van der Waals surface area (Å²) in [7, 11) is 10.9. The van der Waals surface area contributed by atoms with E-state index < -0.39 is 24.4 Å². The minimum Gasteiger partial charge on any atom is -0.496 e. The molecule has 0 heterocycles. The molecular weight excluding hydrogens is 356 g/mol. The van der Waals surface area contributed by atoms with Crippen molar-refractivity contribution >= 4 is 0 Å². The summed E-state index contributed by atoms with van der Waals surface area (Å²) in [6, 6.07) is 3.56. The van der Waals surface area contributed by atoms with Gasteiger partial charge in [0, 0.05) is 52.6 Å². The van der Waals surface area contributed by atoms with Crippen molar-refractivity contribution in [3.05, 3.63) is 17.7 Å². The topological polar surface area (TPSA) is 84.8 Å². The van der Waals surface area contributed by atoms with Gasteiger partial charge in [0.05, 0.1) is 34.0 Å². The second-order valence-corrected chi connectivity index (χ2v) is 5.91. The van der Waals surface area contributed by atoms with Crippen molar-refractivity contribution in [3.63, 3.8) is 0 Å². The van der Waals surface area contributed by atoms with Gasteiger partial charge >= 0.3 is 0 Å². The maximum Gasteiger partial charge on any atom is 0.129 e. The van der Waals surface area contributed by atoms with Crippen LogP contribution in [0.5, 0.6) is 17.2 Å². The highest BCUT2D eigenvalue weighted by atomic mass is 16.6. The summed E-state index contributed by atoms with van der Waals surface area (Å²) in [6.07, 6.45) is -2.10. The zero-order chi connectivity index (χ0) is 20.4. The molecule has 0 spiro atoms. The van der Waals surface area contributed by atoms with E-state index in [-0.39, 0.29) is 6.61 Å². The summed E-state index contributed by atoms with van der Waals surface area (Å²) < 4.78 is 38.1. The van der Waals surface area contributed by atoms with Crippen LogP contribution in [-0.2, 0) is 25.4 Å². The van der Waals surface area contributed by atoms with Crippen LogP contribution in [-0.4, -0.2) is 85.9 Å². The van der Waals surface area contributed by atoms with E-state index in [1.165, 1.54) is 14.2 Å². The van der Waals surface area contributed by atoms with Crippen LogP contribution in [0, 0.1) is 0 Å². The van der Waals surface area contributed by atoms with Crippen molar-refractivity contribution in [1.29, 1.82) is 0 Å². The third-order valence-corrected chi connectivity index (χ3v) is 4.48. The molecule has 0 aromatic heterocycles. The Bertz CT molecular complexity index is 526. The van der Waals surface area contributed by atoms with Crippen molar-refractivity contribution in [1.82, 2.24) is 0 Å². The smallest absolute Gasteiger partial charge is 0.129 e. The van der Waals surface area contributed by atoms with Gasteiger partial charge in [-0.2, -0.15) is 0 Å². The molecule has 0 aliphatic carbocycles. The van der Waals surface area contributed by atoms with Gasteiger partial charge in [-0.1, -0.05) is 0 Å². The first-order valence-corrected chi connectivity index (χ1v) is 8.55. The molecule has 156 valence electrons. The number of ether oxygens (including phenoxy) is 7. The summed E-state index contributed by atoms with van der Waals surface area (Å²) in [5.74, 6) is 1.83. The molecule has 0 amide bonds. The van der Waals surface area contributed by atoms with Crippen LogP contribution in [0.2, 0.25) is 0 Å². The third-order valence-electron chi connectivity index (χ3n) is 4.48. The van der Waals surface area contributed by atoms with E-state index in [9.17, 15) is 5.11 Å². The Hall–Kier alpha value is -1.58. The molecule has 0 fully saturated rings. The van der Waals surface area contributed by atoms with E-state index in [4.69, 9.17) is 33.2 Å². The zero-order valence-corrected chi connectivity index (χ0v) is 17.2. The molecule has 1 N–H and O–H groups in total. The lowest BCUT2D eigenvalue weighted by molar-refractivity contribution is -0.150. The normalized spacial score (nSPS) is 15.7. The van der Waals surface area contributed by atoms with Gasteiger partial charge < -0.3 is 38.3 Å². The summed E-state index contributed by atoms with van der Waals surface area (Å²) in [5, 5.41) is 10.3. The zero-order valence-electron chi connectivity index (χ0n) is 17.2. The number of benzene rings is 1. The largest absolute Gasteiger partial charge is 0.496 e. The summed E-state index contributed by atoms with van der Waals surface area (Å²) >= 11 is 0. The van der Waals surface area contributed by atoms with Gasteiger partial charge in [0.25, 0.3) is 0 Å². The molecular formula is C19H32O8. The van der Waals surface area contributed by atoms with Gasteiger partial charge in [0.1, 0.15) is 35.6 Å². The molecule has 0 aliphatic heterocycles. The predicted molar refractivity (Wildman–Crippen MR) is 100 cm³/mol. The lowest BCUT2D eigenvalue weighted by Crippen LogP contribution is -2.49. The van der Waals surface area contributed by atoms with Crippen LogP contribution < -0.4 is 14.2 Å². The Morgan fingerprint density at radius 1 is 0.778 bits per heavy atom. The fourth-order valence-electron chi connectivity index (χ4n) is 3.09. The van der Waals surface area contributed by atoms with E-state index in [0.717, 1.165) is 5.56 Å². The molecule has 1 aromatic rings. The molecule has 0 saturated carbocycles. The Morgan fingerprint density at radius 2 is 1.33 bits per heavy atom. The molecule has 0 radical (unpaired) electrons. The van der Waals surface area contributed by atoms with E-state index in [1.54, 1.807) is 47.7 Å². The van der Waals surface area contributed by atoms with Gasteiger partial charge in [-0.3, -0.25) is 0 Å². The van der Waals surface area contributed by atoms with Crippen LogP contribution in [0.15, 0.2) is 12.1 Å². The maximum atomic E-state index is 10.3. The van der Waals surface area contributed by atoms with Crippen molar-refractivity contribution in [2.24, 2.45) is 0 Å². The van der Waals surface area contributed by atoms with Crippen LogP contribution >= 0.6 is 0 Å². The Morgan fingerprint density at radius 3 is 1.70 bits per heavy atom. The molecule has 1 rings (SSSR count). The quantitative estimate of drug-likeness (QED) is 0.541. The van der Waals surface area contributed by atoms with Gasteiger partial charge in [0.2, 0.25) is 0 Å². The molecule has 8 nitrogen and oxygen atoms in total. The SMILES string of the molecule is COC[C@@H](O)[C@@H](OC)[C@H](OC)[C@H](Cc1c(OC)cc(OC)cc1OC)OC. The second kappa shape index (κ2) is 12.0. The monoisotopic (exact) mass is 388 g/mol. The molecule has 1 aromatic carbocycles. The highest BCUT2D eigenvalue weighted by Gasteiger charge is 2.36. The average molecular weight is 388 g/mol. The Labute approximate surface area is 161 Å². The molecule has 0 saturated heterocycles. The Balaban J connectivity index is 3.21. The van der Waals surface area contributed by atoms with Gasteiger partial charge in [0.15, 0.2) is 0 Å². The van der Waals surface area contributed by atoms with Gasteiger partial charge in [-0.15, -0.1) is 0 Å². The number of aliphatic hydroxyl groups excluding tert-OH is 1. The third kappa shape index (κ3) is 5.95. The van der Waals surface area contributed by atoms with Crippen molar-refractivity contribution < 1.29 is 38.3 Å². The van der Waals surface area contributed by atoms with E-state index >= 15 is 0 Å². The number of methoxy groups -OCH3 is 7. The van der Waals surface area contributed by atoms with Crippen LogP contribution in [0.4, 0.5) is 0 Å². The van der Waals surface area contributed by atoms with E-state index in [2.05, 4.69) is 0 Å². The van der Waals surface area contributed by atoms with Crippen molar-refractivity contribution in [3.8, 4) is 17.2 Å². The van der Waals surface area contributed by atoms with Gasteiger partial charge in [-0.25, -0.2) is 0 Å². The summed E-state index contributed by atoms with van der Waals surface area (Å²) in [4.78, 5) is 0. The van der Waals surface area contributed by atoms with Crippen molar-refractivity contribution in [2.45, 2.75) is 30.8 Å². The number of hydrogen-bond acceptors (Lipinski definition) is 8. The van der Waals surface area contributed by atoms with Crippen LogP contribution in [0.25, 0.3) is 0 Å². The minimum absolute atomic E-state index is 0.115. The molecule has 8 heteroatoms. The second-order valence-electron chi connectivity index (χ2n) is 5.91. The standard InChI is InChI=1S/C19H32O8/c1-21-11-14(20)18(26-6)19(27-7)17(25-5)10-13-15(23-3)8-12(22-2)9-16(13)24-4/h8-9,14,17-20H,10-11H2,1-7H3/t14-,17+,18-,19-/m1/s1. The fraction of sp³-hybridized carbons (Fsp3) is 0.684. The average Bonchev–Trinajstić information content (AvgIpc) is 2.69. The van der Waals surface area contributed by atoms with E-state index in [1.807, 2.05) is 0 Å². The lowest BCUT2D eigenvalue weighted by atomic mass is 9.96. The highest BCUT2D eigenvalue weighted by Crippen LogP contribution is 2.36. The maximum absolute atomic E-state index is 10.3. The molecule has 0 unspecified atom stereocenters. The summed E-state index contributed by atoms with van der Waals surface area (Å²) in [5.41, 5.74) is 0.797. The van der Waals surface area contributed by atoms with Crippen LogP contribution in [0.1, 0.15) is 5.56 Å². The molecule has 4 atom stereocenters. The molecule has 0 bridgehead atoms. The first-order valence-electron chi connectivity index (χ1n) is 8.55. The predicted octanol–water partition coefficient (Wildman–Crippen LogP) is 1.31. The summed E-state index contributed by atoms with van der Waals surface area (Å²) in [6.45, 7) is 0.115. The van der Waals surface area contributed by atoms with Crippen LogP contribution in [0.3, 0.4) is 0 Å². The molecule has 0 aliphatic rings. The Kier molecular flexibility index (Phi) is 10.4. The number of hydrogen-bond donors (Lipinski definition) is 1. The first-order chi connectivity index (χ1) is 13.0. The fourth-order valence-corrected chi connectivity index (χ4v) is 3.09. The van der Waals surface area contributed by atoms with Crippen molar-refractivity contribution in [2.75, 3.05) is 56.4 Å². The van der Waals surface area contributed by atoms with E-state index in [0.29, 0.717) is 23.7 Å². The number of rotatable bonds is 13. The first kappa shape index (κ1) is 23.5. The molecule has 27 heavy (non-hydrogen) atoms. The number of aliphatic hydroxyl groups is 1. The highest BCUT2D eigenvalue weighted by molar-refractivity contribution is 5.51. The minimum atomic E-state index is -0.873.